The van der Waals surface area contributed by atoms with Crippen LogP contribution in [-0.2, 0) is 4.79 Å². The van der Waals surface area contributed by atoms with Gasteiger partial charge in [0.1, 0.15) is 0 Å². The molecule has 0 aliphatic heterocycles. The molecule has 0 aromatic heterocycles. The smallest absolute Gasteiger partial charge is 0.251 e. The number of carbonyl (C=O) groups is 2. The SMILES string of the molecule is CC(C)CC(O)CNC(=O)c1cccc(NC(=O)C2CC2)c1. The lowest BCUT2D eigenvalue weighted by atomic mass is 10.1. The molecule has 1 aliphatic carbocycles. The monoisotopic (exact) mass is 304 g/mol. The molecule has 3 N–H and O–H groups in total. The molecule has 0 radical (unpaired) electrons. The van der Waals surface area contributed by atoms with E-state index < -0.39 is 6.10 Å². The van der Waals surface area contributed by atoms with Crippen LogP contribution in [0.5, 0.6) is 0 Å². The van der Waals surface area contributed by atoms with Gasteiger partial charge in [-0.05, 0) is 43.4 Å². The van der Waals surface area contributed by atoms with Crippen molar-refractivity contribution >= 4 is 17.5 Å². The van der Waals surface area contributed by atoms with Crippen LogP contribution >= 0.6 is 0 Å². The molecule has 22 heavy (non-hydrogen) atoms. The normalized spacial score (nSPS) is 15.5. The Bertz CT molecular complexity index is 538. The molecule has 1 aromatic carbocycles. The van der Waals surface area contributed by atoms with Crippen molar-refractivity contribution in [3.63, 3.8) is 0 Å². The van der Waals surface area contributed by atoms with E-state index in [-0.39, 0.29) is 24.3 Å². The second-order valence-corrected chi connectivity index (χ2v) is 6.34. The van der Waals surface area contributed by atoms with Crippen molar-refractivity contribution in [3.8, 4) is 0 Å². The third-order valence-electron chi connectivity index (χ3n) is 3.58. The summed E-state index contributed by atoms with van der Waals surface area (Å²) < 4.78 is 0. The molecule has 120 valence electrons. The van der Waals surface area contributed by atoms with Crippen molar-refractivity contribution in [1.29, 1.82) is 0 Å². The highest BCUT2D eigenvalue weighted by Gasteiger charge is 2.29. The first-order valence-corrected chi connectivity index (χ1v) is 7.83. The second-order valence-electron chi connectivity index (χ2n) is 6.34. The predicted molar refractivity (Wildman–Crippen MR) is 85.6 cm³/mol. The Hall–Kier alpha value is -1.88. The zero-order valence-electron chi connectivity index (χ0n) is 13.1. The van der Waals surface area contributed by atoms with Gasteiger partial charge < -0.3 is 15.7 Å². The summed E-state index contributed by atoms with van der Waals surface area (Å²) in [6, 6.07) is 6.86. The number of aliphatic hydroxyl groups is 1. The van der Waals surface area contributed by atoms with Crippen LogP contribution in [0, 0.1) is 11.8 Å². The Morgan fingerprint density at radius 1 is 1.32 bits per heavy atom. The number of rotatable bonds is 7. The van der Waals surface area contributed by atoms with E-state index in [1.165, 1.54) is 0 Å². The summed E-state index contributed by atoms with van der Waals surface area (Å²) in [5.74, 6) is 0.284. The van der Waals surface area contributed by atoms with Gasteiger partial charge in [0.05, 0.1) is 6.10 Å². The van der Waals surface area contributed by atoms with E-state index in [0.717, 1.165) is 12.8 Å². The van der Waals surface area contributed by atoms with E-state index in [1.807, 2.05) is 13.8 Å². The molecule has 5 heteroatoms. The summed E-state index contributed by atoms with van der Waals surface area (Å²) in [7, 11) is 0. The lowest BCUT2D eigenvalue weighted by Gasteiger charge is -2.14. The van der Waals surface area contributed by atoms with Crippen molar-refractivity contribution in [1.82, 2.24) is 5.32 Å². The summed E-state index contributed by atoms with van der Waals surface area (Å²) in [5.41, 5.74) is 1.11. The number of hydrogen-bond acceptors (Lipinski definition) is 3. The van der Waals surface area contributed by atoms with E-state index in [9.17, 15) is 14.7 Å². The Morgan fingerprint density at radius 2 is 2.05 bits per heavy atom. The number of hydrogen-bond donors (Lipinski definition) is 3. The average molecular weight is 304 g/mol. The molecule has 0 spiro atoms. The number of carbonyl (C=O) groups excluding carboxylic acids is 2. The molecule has 5 nitrogen and oxygen atoms in total. The van der Waals surface area contributed by atoms with Crippen molar-refractivity contribution in [2.45, 2.75) is 39.2 Å². The standard InChI is InChI=1S/C17H24N2O3/c1-11(2)8-15(20)10-18-16(21)13-4-3-5-14(9-13)19-17(22)12-6-7-12/h3-5,9,11-12,15,20H,6-8,10H2,1-2H3,(H,18,21)(H,19,22). The Labute approximate surface area is 131 Å². The minimum Gasteiger partial charge on any atom is -0.391 e. The van der Waals surface area contributed by atoms with Crippen molar-refractivity contribution < 1.29 is 14.7 Å². The topological polar surface area (TPSA) is 78.4 Å². The Balaban J connectivity index is 1.87. The van der Waals surface area contributed by atoms with Gasteiger partial charge in [-0.2, -0.15) is 0 Å². The molecule has 1 unspecified atom stereocenters. The first kappa shape index (κ1) is 16.5. The minimum atomic E-state index is -0.540. The molecule has 2 amide bonds. The molecule has 1 saturated carbocycles. The molecule has 2 rings (SSSR count). The maximum Gasteiger partial charge on any atom is 0.251 e. The molecule has 0 heterocycles. The zero-order chi connectivity index (χ0) is 16.1. The van der Waals surface area contributed by atoms with Crippen LogP contribution in [0.25, 0.3) is 0 Å². The van der Waals surface area contributed by atoms with Crippen LogP contribution in [0.4, 0.5) is 5.69 Å². The highest BCUT2D eigenvalue weighted by molar-refractivity contribution is 5.98. The first-order chi connectivity index (χ1) is 10.5. The maximum absolute atomic E-state index is 12.1. The lowest BCUT2D eigenvalue weighted by molar-refractivity contribution is -0.117. The molecule has 1 aromatic rings. The number of nitrogens with one attached hydrogen (secondary N) is 2. The fraction of sp³-hybridized carbons (Fsp3) is 0.529. The Kier molecular flexibility index (Phi) is 5.55. The number of benzene rings is 1. The highest BCUT2D eigenvalue weighted by Crippen LogP contribution is 2.30. The van der Waals surface area contributed by atoms with E-state index in [2.05, 4.69) is 10.6 Å². The Morgan fingerprint density at radius 3 is 2.68 bits per heavy atom. The van der Waals surface area contributed by atoms with Gasteiger partial charge in [-0.1, -0.05) is 19.9 Å². The number of anilines is 1. The van der Waals surface area contributed by atoms with Crippen LogP contribution in [0.2, 0.25) is 0 Å². The third kappa shape index (κ3) is 5.15. The maximum atomic E-state index is 12.1. The van der Waals surface area contributed by atoms with E-state index >= 15 is 0 Å². The lowest BCUT2D eigenvalue weighted by Crippen LogP contribution is -2.32. The summed E-state index contributed by atoms with van der Waals surface area (Å²) in [5, 5.41) is 15.3. The van der Waals surface area contributed by atoms with Gasteiger partial charge in [-0.25, -0.2) is 0 Å². The summed E-state index contributed by atoms with van der Waals surface area (Å²) in [4.78, 5) is 23.8. The van der Waals surface area contributed by atoms with Gasteiger partial charge in [0.15, 0.2) is 0 Å². The van der Waals surface area contributed by atoms with Crippen LogP contribution in [0.15, 0.2) is 24.3 Å². The zero-order valence-corrected chi connectivity index (χ0v) is 13.1. The van der Waals surface area contributed by atoms with Gasteiger partial charge in [-0.15, -0.1) is 0 Å². The fourth-order valence-corrected chi connectivity index (χ4v) is 2.27. The molecule has 1 atom stereocenters. The predicted octanol–water partition coefficient (Wildman–Crippen LogP) is 2.17. The largest absolute Gasteiger partial charge is 0.391 e. The van der Waals surface area contributed by atoms with E-state index in [0.29, 0.717) is 23.6 Å². The fourth-order valence-electron chi connectivity index (χ4n) is 2.27. The van der Waals surface area contributed by atoms with Crippen LogP contribution in [0.3, 0.4) is 0 Å². The second kappa shape index (κ2) is 7.40. The molecule has 1 aliphatic rings. The van der Waals surface area contributed by atoms with Crippen LogP contribution < -0.4 is 10.6 Å². The van der Waals surface area contributed by atoms with Gasteiger partial charge >= 0.3 is 0 Å². The molecule has 1 fully saturated rings. The molecule has 0 saturated heterocycles. The van der Waals surface area contributed by atoms with Crippen molar-refractivity contribution in [3.05, 3.63) is 29.8 Å². The highest BCUT2D eigenvalue weighted by atomic mass is 16.3. The molecular formula is C17H24N2O3. The van der Waals surface area contributed by atoms with Gasteiger partial charge in [-0.3, -0.25) is 9.59 Å². The van der Waals surface area contributed by atoms with E-state index in [4.69, 9.17) is 0 Å². The van der Waals surface area contributed by atoms with Crippen molar-refractivity contribution in [2.75, 3.05) is 11.9 Å². The van der Waals surface area contributed by atoms with Crippen molar-refractivity contribution in [2.24, 2.45) is 11.8 Å². The van der Waals surface area contributed by atoms with Gasteiger partial charge in [0.2, 0.25) is 5.91 Å². The molecular weight excluding hydrogens is 280 g/mol. The minimum absolute atomic E-state index is 0.0184. The summed E-state index contributed by atoms with van der Waals surface area (Å²) in [6.07, 6.45) is 2.00. The van der Waals surface area contributed by atoms with E-state index in [1.54, 1.807) is 24.3 Å². The van der Waals surface area contributed by atoms with Crippen LogP contribution in [0.1, 0.15) is 43.5 Å². The van der Waals surface area contributed by atoms with Gasteiger partial charge in [0, 0.05) is 23.7 Å². The quantitative estimate of drug-likeness (QED) is 0.722. The van der Waals surface area contributed by atoms with Crippen LogP contribution in [-0.4, -0.2) is 29.6 Å². The average Bonchev–Trinajstić information content (AvgIpc) is 3.29. The van der Waals surface area contributed by atoms with Gasteiger partial charge in [0.25, 0.3) is 5.91 Å². The summed E-state index contributed by atoms with van der Waals surface area (Å²) in [6.45, 7) is 4.28. The number of amides is 2. The summed E-state index contributed by atoms with van der Waals surface area (Å²) >= 11 is 0. The molecule has 0 bridgehead atoms. The third-order valence-corrected chi connectivity index (χ3v) is 3.58. The number of aliphatic hydroxyl groups excluding tert-OH is 1. The first-order valence-electron chi connectivity index (χ1n) is 7.83.